The van der Waals surface area contributed by atoms with E-state index in [-0.39, 0.29) is 24.0 Å². The molecule has 0 saturated carbocycles. The third kappa shape index (κ3) is 8.95. The van der Waals surface area contributed by atoms with Gasteiger partial charge in [-0.15, -0.1) is 24.0 Å². The van der Waals surface area contributed by atoms with Gasteiger partial charge in [0.05, 0.1) is 11.8 Å². The number of nitrogens with one attached hydrogen (secondary N) is 1. The first-order valence-electron chi connectivity index (χ1n) is 8.52. The second-order valence-corrected chi connectivity index (χ2v) is 8.12. The van der Waals surface area contributed by atoms with Crippen molar-refractivity contribution in [1.82, 2.24) is 14.5 Å². The quantitative estimate of drug-likeness (QED) is 0.240. The average Bonchev–Trinajstić information content (AvgIpc) is 2.56. The van der Waals surface area contributed by atoms with Gasteiger partial charge in [0, 0.05) is 40.3 Å². The summed E-state index contributed by atoms with van der Waals surface area (Å²) in [5.41, 5.74) is 0.0467. The fourth-order valence-electron chi connectivity index (χ4n) is 2.55. The first-order valence-corrected chi connectivity index (χ1v) is 10.4. The summed E-state index contributed by atoms with van der Waals surface area (Å²) in [5, 5.41) is 3.13. The van der Waals surface area contributed by atoms with E-state index in [4.69, 9.17) is 0 Å². The van der Waals surface area contributed by atoms with Crippen LogP contribution in [-0.4, -0.2) is 63.6 Å². The van der Waals surface area contributed by atoms with Gasteiger partial charge in [0.2, 0.25) is 10.0 Å². The van der Waals surface area contributed by atoms with E-state index in [0.29, 0.717) is 38.6 Å². The highest BCUT2D eigenvalue weighted by molar-refractivity contribution is 14.0. The lowest BCUT2D eigenvalue weighted by Gasteiger charge is -2.23. The smallest absolute Gasteiger partial charge is 0.356 e. The number of rotatable bonds is 8. The van der Waals surface area contributed by atoms with Crippen LogP contribution in [0.3, 0.4) is 0 Å². The molecule has 1 N–H and O–H groups in total. The minimum absolute atomic E-state index is 0. The standard InChI is InChI=1S/C17H27F3N4O2S.HI/c1-5-24(27(4,25)26)12-6-11-22-16(21-2)23(3)13-14-7-9-15(10-8-14)17(18,19)20;/h7-10H,5-6,11-13H2,1-4H3,(H,21,22);1H. The summed E-state index contributed by atoms with van der Waals surface area (Å²) in [5.74, 6) is 0.581. The Morgan fingerprint density at radius 3 is 2.21 bits per heavy atom. The summed E-state index contributed by atoms with van der Waals surface area (Å²) in [7, 11) is 0.184. The fourth-order valence-corrected chi connectivity index (χ4v) is 3.48. The van der Waals surface area contributed by atoms with Gasteiger partial charge in [0.1, 0.15) is 0 Å². The lowest BCUT2D eigenvalue weighted by atomic mass is 10.1. The lowest BCUT2D eigenvalue weighted by Crippen LogP contribution is -2.40. The highest BCUT2D eigenvalue weighted by Crippen LogP contribution is 2.29. The molecular formula is C17H28F3IN4O2S. The van der Waals surface area contributed by atoms with Crippen LogP contribution in [0.2, 0.25) is 0 Å². The van der Waals surface area contributed by atoms with Gasteiger partial charge in [-0.3, -0.25) is 4.99 Å². The highest BCUT2D eigenvalue weighted by Gasteiger charge is 2.29. The Morgan fingerprint density at radius 2 is 1.79 bits per heavy atom. The molecule has 0 aliphatic heterocycles. The van der Waals surface area contributed by atoms with Crippen molar-refractivity contribution in [2.45, 2.75) is 26.1 Å². The van der Waals surface area contributed by atoms with Gasteiger partial charge in [-0.2, -0.15) is 13.2 Å². The molecule has 0 heterocycles. The Hall–Kier alpha value is -1.08. The van der Waals surface area contributed by atoms with Crippen molar-refractivity contribution in [3.05, 3.63) is 35.4 Å². The molecule has 0 fully saturated rings. The minimum Gasteiger partial charge on any atom is -0.356 e. The van der Waals surface area contributed by atoms with Crippen LogP contribution >= 0.6 is 24.0 Å². The fraction of sp³-hybridized carbons (Fsp3) is 0.588. The molecule has 1 aromatic rings. The average molecular weight is 536 g/mol. The van der Waals surface area contributed by atoms with Gasteiger partial charge >= 0.3 is 6.18 Å². The van der Waals surface area contributed by atoms with Crippen LogP contribution in [-0.2, 0) is 22.7 Å². The number of guanidine groups is 1. The number of halogens is 4. The Kier molecular flexibility index (Phi) is 11.4. The van der Waals surface area contributed by atoms with Crippen molar-refractivity contribution in [3.63, 3.8) is 0 Å². The zero-order valence-corrected chi connectivity index (χ0v) is 19.6. The molecule has 1 rings (SSSR count). The Balaban J connectivity index is 0.00000729. The topological polar surface area (TPSA) is 65.0 Å². The minimum atomic E-state index is -4.35. The largest absolute Gasteiger partial charge is 0.416 e. The molecule has 0 atom stereocenters. The molecule has 162 valence electrons. The highest BCUT2D eigenvalue weighted by atomic mass is 127. The summed E-state index contributed by atoms with van der Waals surface area (Å²) in [6, 6.07) is 5.00. The van der Waals surface area contributed by atoms with Crippen LogP contribution in [0.5, 0.6) is 0 Å². The zero-order valence-electron chi connectivity index (χ0n) is 16.5. The van der Waals surface area contributed by atoms with Gasteiger partial charge in [-0.1, -0.05) is 19.1 Å². The van der Waals surface area contributed by atoms with E-state index in [1.807, 2.05) is 0 Å². The van der Waals surface area contributed by atoms with Crippen LogP contribution in [0.25, 0.3) is 0 Å². The molecule has 0 spiro atoms. The van der Waals surface area contributed by atoms with Gasteiger partial charge < -0.3 is 10.2 Å². The number of alkyl halides is 3. The maximum absolute atomic E-state index is 12.6. The first kappa shape index (κ1) is 26.9. The summed E-state index contributed by atoms with van der Waals surface area (Å²) < 4.78 is 62.3. The number of nitrogens with zero attached hydrogens (tertiary/aromatic N) is 3. The normalized spacial score (nSPS) is 12.6. The maximum Gasteiger partial charge on any atom is 0.416 e. The molecule has 28 heavy (non-hydrogen) atoms. The third-order valence-electron chi connectivity index (χ3n) is 3.96. The predicted octanol–water partition coefficient (Wildman–Crippen LogP) is 3.00. The van der Waals surface area contributed by atoms with E-state index in [1.54, 1.807) is 25.9 Å². The van der Waals surface area contributed by atoms with Crippen molar-refractivity contribution in [3.8, 4) is 0 Å². The number of benzene rings is 1. The third-order valence-corrected chi connectivity index (χ3v) is 5.34. The lowest BCUT2D eigenvalue weighted by molar-refractivity contribution is -0.137. The Bertz CT molecular complexity index is 725. The van der Waals surface area contributed by atoms with Crippen LogP contribution in [0, 0.1) is 0 Å². The SMILES string of the molecule is CCN(CCCNC(=NC)N(C)Cc1ccc(C(F)(F)F)cc1)S(C)(=O)=O.I. The zero-order chi connectivity index (χ0) is 20.7. The monoisotopic (exact) mass is 536 g/mol. The summed E-state index contributed by atoms with van der Waals surface area (Å²) in [4.78, 5) is 5.93. The van der Waals surface area contributed by atoms with E-state index in [9.17, 15) is 21.6 Å². The van der Waals surface area contributed by atoms with Crippen LogP contribution in [0.15, 0.2) is 29.3 Å². The molecule has 6 nitrogen and oxygen atoms in total. The number of sulfonamides is 1. The Morgan fingerprint density at radius 1 is 1.21 bits per heavy atom. The van der Waals surface area contributed by atoms with E-state index in [0.717, 1.165) is 17.7 Å². The molecule has 0 saturated heterocycles. The van der Waals surface area contributed by atoms with Gasteiger partial charge in [-0.05, 0) is 24.1 Å². The van der Waals surface area contributed by atoms with Crippen molar-refractivity contribution in [1.29, 1.82) is 0 Å². The van der Waals surface area contributed by atoms with Crippen molar-refractivity contribution in [2.75, 3.05) is 40.0 Å². The molecule has 0 unspecified atom stereocenters. The van der Waals surface area contributed by atoms with E-state index < -0.39 is 21.8 Å². The molecule has 11 heteroatoms. The molecular weight excluding hydrogens is 508 g/mol. The summed E-state index contributed by atoms with van der Waals surface area (Å²) in [6.45, 7) is 3.52. The van der Waals surface area contributed by atoms with E-state index in [1.165, 1.54) is 22.7 Å². The van der Waals surface area contributed by atoms with Gasteiger partial charge in [-0.25, -0.2) is 12.7 Å². The molecule has 0 aromatic heterocycles. The molecule has 0 amide bonds. The Labute approximate surface area is 182 Å². The van der Waals surface area contributed by atoms with Crippen molar-refractivity contribution < 1.29 is 21.6 Å². The van der Waals surface area contributed by atoms with Gasteiger partial charge in [0.25, 0.3) is 0 Å². The number of hydrogen-bond acceptors (Lipinski definition) is 3. The maximum atomic E-state index is 12.6. The molecule has 0 bridgehead atoms. The van der Waals surface area contributed by atoms with Crippen LogP contribution < -0.4 is 5.32 Å². The molecule has 0 aliphatic rings. The van der Waals surface area contributed by atoms with E-state index in [2.05, 4.69) is 10.3 Å². The van der Waals surface area contributed by atoms with Gasteiger partial charge in [0.15, 0.2) is 5.96 Å². The molecule has 1 aromatic carbocycles. The second kappa shape index (κ2) is 11.8. The van der Waals surface area contributed by atoms with Crippen molar-refractivity contribution in [2.24, 2.45) is 4.99 Å². The molecule has 0 radical (unpaired) electrons. The van der Waals surface area contributed by atoms with E-state index >= 15 is 0 Å². The number of aliphatic imine (C=N–C) groups is 1. The van der Waals surface area contributed by atoms with Crippen LogP contribution in [0.1, 0.15) is 24.5 Å². The summed E-state index contributed by atoms with van der Waals surface area (Å²) in [6.07, 6.45) is -2.56. The van der Waals surface area contributed by atoms with Crippen molar-refractivity contribution >= 4 is 40.0 Å². The second-order valence-electron chi connectivity index (χ2n) is 6.13. The van der Waals surface area contributed by atoms with Crippen LogP contribution in [0.4, 0.5) is 13.2 Å². The molecule has 0 aliphatic carbocycles. The summed E-state index contributed by atoms with van der Waals surface area (Å²) >= 11 is 0. The first-order chi connectivity index (χ1) is 12.5. The predicted molar refractivity (Wildman–Crippen MR) is 116 cm³/mol. The number of hydrogen-bond donors (Lipinski definition) is 1.